The molecule has 10 heteroatoms. The lowest BCUT2D eigenvalue weighted by Gasteiger charge is -2.17. The van der Waals surface area contributed by atoms with Crippen LogP contribution in [0.4, 0.5) is 5.95 Å². The summed E-state index contributed by atoms with van der Waals surface area (Å²) in [5, 5.41) is 13.6. The fraction of sp³-hybridized carbons (Fsp3) is 0.389. The van der Waals surface area contributed by atoms with Crippen LogP contribution in [0.3, 0.4) is 0 Å². The Bertz CT molecular complexity index is 1120. The topological polar surface area (TPSA) is 94.1 Å². The van der Waals surface area contributed by atoms with Crippen LogP contribution in [0.5, 0.6) is 0 Å². The average molecular weight is 426 g/mol. The first-order valence-corrected chi connectivity index (χ1v) is 9.52. The summed E-state index contributed by atoms with van der Waals surface area (Å²) < 4.78 is 3.98. The molecular weight excluding hydrogens is 405 g/mol. The third-order valence-electron chi connectivity index (χ3n) is 4.77. The lowest BCUT2D eigenvalue weighted by molar-refractivity contribution is 0.271. The zero-order valence-electron chi connectivity index (χ0n) is 15.7. The minimum atomic E-state index is -0.473. The molecule has 1 atom stereocenters. The van der Waals surface area contributed by atoms with E-state index in [0.29, 0.717) is 28.0 Å². The number of fused-ring (bicyclic) bond motifs is 1. The normalized spacial score (nSPS) is 12.5. The highest BCUT2D eigenvalue weighted by molar-refractivity contribution is 6.36. The fourth-order valence-electron chi connectivity index (χ4n) is 3.01. The number of aryl methyl sites for hydroxylation is 1. The van der Waals surface area contributed by atoms with Gasteiger partial charge in [-0.1, -0.05) is 36.2 Å². The van der Waals surface area contributed by atoms with Crippen molar-refractivity contribution in [1.82, 2.24) is 18.7 Å². The number of nitrogens with one attached hydrogen (secondary N) is 1. The lowest BCUT2D eigenvalue weighted by atomic mass is 10.2. The van der Waals surface area contributed by atoms with E-state index in [1.54, 1.807) is 29.8 Å². The van der Waals surface area contributed by atoms with E-state index in [0.717, 1.165) is 4.57 Å². The van der Waals surface area contributed by atoms with Gasteiger partial charge in [0.15, 0.2) is 11.2 Å². The molecule has 0 saturated heterocycles. The Kier molecular flexibility index (Phi) is 5.83. The predicted molar refractivity (Wildman–Crippen MR) is 111 cm³/mol. The molecule has 2 N–H and O–H groups in total. The largest absolute Gasteiger partial charge is 0.394 e. The minimum absolute atomic E-state index is 0.108. The van der Waals surface area contributed by atoms with Gasteiger partial charge in [-0.15, -0.1) is 0 Å². The van der Waals surface area contributed by atoms with Gasteiger partial charge >= 0.3 is 5.69 Å². The fourth-order valence-corrected chi connectivity index (χ4v) is 3.53. The van der Waals surface area contributed by atoms with E-state index >= 15 is 0 Å². The van der Waals surface area contributed by atoms with Crippen LogP contribution in [0.2, 0.25) is 10.0 Å². The SMILES string of the molecule is CC[C@H](CO)Nc1nc2c(c(=O)n(C)c(=O)n2C)n1Cc1c(Cl)cccc1Cl. The van der Waals surface area contributed by atoms with Crippen molar-refractivity contribution < 1.29 is 5.11 Å². The van der Waals surface area contributed by atoms with Gasteiger partial charge in [-0.25, -0.2) is 4.79 Å². The van der Waals surface area contributed by atoms with E-state index in [1.807, 2.05) is 6.92 Å². The van der Waals surface area contributed by atoms with Gasteiger partial charge in [-0.3, -0.25) is 18.5 Å². The molecule has 1 aromatic carbocycles. The number of aliphatic hydroxyl groups is 1. The number of aromatic nitrogens is 4. The van der Waals surface area contributed by atoms with Gasteiger partial charge in [0.05, 0.1) is 19.2 Å². The van der Waals surface area contributed by atoms with Crippen molar-refractivity contribution in [2.75, 3.05) is 11.9 Å². The number of anilines is 1. The highest BCUT2D eigenvalue weighted by atomic mass is 35.5. The molecule has 0 saturated carbocycles. The van der Waals surface area contributed by atoms with E-state index in [2.05, 4.69) is 10.3 Å². The van der Waals surface area contributed by atoms with Gasteiger partial charge in [0, 0.05) is 29.7 Å². The van der Waals surface area contributed by atoms with E-state index in [9.17, 15) is 14.7 Å². The second-order valence-electron chi connectivity index (χ2n) is 6.53. The van der Waals surface area contributed by atoms with Gasteiger partial charge in [0.25, 0.3) is 5.56 Å². The average Bonchev–Trinajstić information content (AvgIpc) is 3.03. The van der Waals surface area contributed by atoms with Gasteiger partial charge < -0.3 is 10.4 Å². The molecule has 150 valence electrons. The van der Waals surface area contributed by atoms with Crippen LogP contribution in [0, 0.1) is 0 Å². The van der Waals surface area contributed by atoms with Gasteiger partial charge in [0.2, 0.25) is 5.95 Å². The number of benzene rings is 1. The van der Waals surface area contributed by atoms with Crippen molar-refractivity contribution in [2.45, 2.75) is 25.9 Å². The molecular formula is C18H21Cl2N5O3. The third-order valence-corrected chi connectivity index (χ3v) is 5.48. The molecule has 0 aliphatic carbocycles. The smallest absolute Gasteiger partial charge is 0.332 e. The van der Waals surface area contributed by atoms with Crippen molar-refractivity contribution in [3.05, 3.63) is 54.6 Å². The summed E-state index contributed by atoms with van der Waals surface area (Å²) in [6.07, 6.45) is 0.642. The van der Waals surface area contributed by atoms with Crippen LogP contribution >= 0.6 is 23.2 Å². The molecule has 2 heterocycles. The Morgan fingerprint density at radius 2 is 1.82 bits per heavy atom. The number of rotatable bonds is 6. The molecule has 0 spiro atoms. The maximum atomic E-state index is 12.9. The second kappa shape index (κ2) is 7.98. The molecule has 3 aromatic rings. The third kappa shape index (κ3) is 3.43. The summed E-state index contributed by atoms with van der Waals surface area (Å²) >= 11 is 12.6. The summed E-state index contributed by atoms with van der Waals surface area (Å²) in [5.74, 6) is 0.352. The Labute approximate surface area is 170 Å². The number of halogens is 2. The summed E-state index contributed by atoms with van der Waals surface area (Å²) in [5.41, 5.74) is 0.168. The highest BCUT2D eigenvalue weighted by Gasteiger charge is 2.22. The number of aliphatic hydroxyl groups excluding tert-OH is 1. The molecule has 0 aliphatic heterocycles. The zero-order chi connectivity index (χ0) is 20.6. The highest BCUT2D eigenvalue weighted by Crippen LogP contribution is 2.28. The maximum Gasteiger partial charge on any atom is 0.332 e. The van der Waals surface area contributed by atoms with Crippen molar-refractivity contribution in [3.8, 4) is 0 Å². The van der Waals surface area contributed by atoms with Crippen LogP contribution in [-0.4, -0.2) is 36.4 Å². The molecule has 2 aromatic heterocycles. The van der Waals surface area contributed by atoms with Crippen LogP contribution in [-0.2, 0) is 20.6 Å². The molecule has 8 nitrogen and oxygen atoms in total. The van der Waals surface area contributed by atoms with Crippen LogP contribution < -0.4 is 16.6 Å². The molecule has 0 amide bonds. The number of hydrogen-bond donors (Lipinski definition) is 2. The Balaban J connectivity index is 2.31. The minimum Gasteiger partial charge on any atom is -0.394 e. The Morgan fingerprint density at radius 1 is 1.18 bits per heavy atom. The molecule has 0 bridgehead atoms. The van der Waals surface area contributed by atoms with Gasteiger partial charge in [-0.2, -0.15) is 4.98 Å². The first kappa shape index (κ1) is 20.4. The maximum absolute atomic E-state index is 12.9. The van der Waals surface area contributed by atoms with Crippen LogP contribution in [0.15, 0.2) is 27.8 Å². The van der Waals surface area contributed by atoms with E-state index < -0.39 is 11.2 Å². The van der Waals surface area contributed by atoms with Gasteiger partial charge in [0.1, 0.15) is 0 Å². The number of hydrogen-bond acceptors (Lipinski definition) is 5. The zero-order valence-corrected chi connectivity index (χ0v) is 17.3. The number of nitrogens with zero attached hydrogens (tertiary/aromatic N) is 4. The molecule has 3 rings (SSSR count). The Morgan fingerprint density at radius 3 is 2.39 bits per heavy atom. The van der Waals surface area contributed by atoms with Gasteiger partial charge in [-0.05, 0) is 18.6 Å². The Hall–Kier alpha value is -2.29. The van der Waals surface area contributed by atoms with Crippen molar-refractivity contribution >= 4 is 40.3 Å². The van der Waals surface area contributed by atoms with Crippen molar-refractivity contribution in [3.63, 3.8) is 0 Å². The molecule has 0 radical (unpaired) electrons. The summed E-state index contributed by atoms with van der Waals surface area (Å²) in [4.78, 5) is 29.6. The summed E-state index contributed by atoms with van der Waals surface area (Å²) in [6.45, 7) is 1.98. The molecule has 0 aliphatic rings. The van der Waals surface area contributed by atoms with Crippen molar-refractivity contribution in [2.24, 2.45) is 14.1 Å². The monoisotopic (exact) mass is 425 g/mol. The van der Waals surface area contributed by atoms with E-state index in [-0.39, 0.29) is 30.4 Å². The van der Waals surface area contributed by atoms with Crippen molar-refractivity contribution in [1.29, 1.82) is 0 Å². The molecule has 0 unspecified atom stereocenters. The lowest BCUT2D eigenvalue weighted by Crippen LogP contribution is -2.37. The first-order chi connectivity index (χ1) is 13.3. The standard InChI is InChI=1S/C18H21Cl2N5O3/c1-4-10(9-26)21-17-22-15-14(16(27)24(3)18(28)23(15)2)25(17)8-11-12(19)6-5-7-13(11)20/h5-7,10,26H,4,8-9H2,1-3H3,(H,21,22)/t10-/m1/s1. The van der Waals surface area contributed by atoms with Crippen LogP contribution in [0.25, 0.3) is 11.2 Å². The molecule has 28 heavy (non-hydrogen) atoms. The van der Waals surface area contributed by atoms with Crippen LogP contribution in [0.1, 0.15) is 18.9 Å². The quantitative estimate of drug-likeness (QED) is 0.629. The number of imidazole rings is 1. The van der Waals surface area contributed by atoms with E-state index in [1.165, 1.54) is 11.6 Å². The summed E-state index contributed by atoms with van der Waals surface area (Å²) in [7, 11) is 2.97. The molecule has 0 fully saturated rings. The van der Waals surface area contributed by atoms with E-state index in [4.69, 9.17) is 23.2 Å². The first-order valence-electron chi connectivity index (χ1n) is 8.76. The second-order valence-corrected chi connectivity index (χ2v) is 7.35. The summed E-state index contributed by atoms with van der Waals surface area (Å²) in [6, 6.07) is 4.90. The predicted octanol–water partition coefficient (Wildman–Crippen LogP) is 1.97.